The van der Waals surface area contributed by atoms with Crippen LogP contribution < -0.4 is 15.5 Å². The lowest BCUT2D eigenvalue weighted by Gasteiger charge is -2.27. The summed E-state index contributed by atoms with van der Waals surface area (Å²) in [6.45, 7) is 4.60. The fourth-order valence-corrected chi connectivity index (χ4v) is 4.14. The van der Waals surface area contributed by atoms with Crippen LogP contribution in [0.1, 0.15) is 12.5 Å². The van der Waals surface area contributed by atoms with Gasteiger partial charge in [-0.2, -0.15) is 4.98 Å². The number of hydrogen-bond acceptors (Lipinski definition) is 8. The number of nitrogens with zero attached hydrogens (tertiary/aromatic N) is 5. The Bertz CT molecular complexity index is 1360. The van der Waals surface area contributed by atoms with Crippen LogP contribution in [0.5, 0.6) is 0 Å². The summed E-state index contributed by atoms with van der Waals surface area (Å²) in [6, 6.07) is 14.0. The SMILES string of the molecule is CNc1cc(-c2cc(Nc3ccc4ncn(C)c4c3)nc(N3CCOCC3)n2)ccc1C(C)=N. The number of fused-ring (bicyclic) bond motifs is 1. The molecule has 0 saturated carbocycles. The Balaban J connectivity index is 1.56. The molecule has 1 aliphatic heterocycles. The Kier molecular flexibility index (Phi) is 5.85. The maximum Gasteiger partial charge on any atom is 0.228 e. The summed E-state index contributed by atoms with van der Waals surface area (Å²) in [5, 5.41) is 14.7. The minimum Gasteiger partial charge on any atom is -0.388 e. The second-order valence-corrected chi connectivity index (χ2v) is 8.36. The van der Waals surface area contributed by atoms with Gasteiger partial charge in [-0.1, -0.05) is 12.1 Å². The monoisotopic (exact) mass is 456 g/mol. The van der Waals surface area contributed by atoms with E-state index in [9.17, 15) is 0 Å². The summed E-state index contributed by atoms with van der Waals surface area (Å²) in [7, 11) is 3.85. The second kappa shape index (κ2) is 9.11. The number of benzene rings is 2. The fourth-order valence-electron chi connectivity index (χ4n) is 4.14. The van der Waals surface area contributed by atoms with Crippen molar-refractivity contribution in [2.45, 2.75) is 6.92 Å². The van der Waals surface area contributed by atoms with Crippen LogP contribution in [-0.4, -0.2) is 58.6 Å². The Morgan fingerprint density at radius 2 is 1.88 bits per heavy atom. The number of hydrogen-bond donors (Lipinski definition) is 3. The van der Waals surface area contributed by atoms with Crippen LogP contribution in [-0.2, 0) is 11.8 Å². The van der Waals surface area contributed by atoms with Gasteiger partial charge in [0.05, 0.1) is 36.3 Å². The van der Waals surface area contributed by atoms with E-state index in [1.165, 1.54) is 0 Å². The van der Waals surface area contributed by atoms with Crippen molar-refractivity contribution in [2.75, 3.05) is 48.9 Å². The quantitative estimate of drug-likeness (QED) is 0.376. The number of rotatable bonds is 6. The Labute approximate surface area is 198 Å². The van der Waals surface area contributed by atoms with Crippen LogP contribution in [0.4, 0.5) is 23.1 Å². The number of anilines is 4. The Morgan fingerprint density at radius 1 is 1.06 bits per heavy atom. The van der Waals surface area contributed by atoms with E-state index in [2.05, 4.69) is 26.6 Å². The van der Waals surface area contributed by atoms with E-state index < -0.39 is 0 Å². The van der Waals surface area contributed by atoms with Gasteiger partial charge in [-0.25, -0.2) is 9.97 Å². The zero-order chi connectivity index (χ0) is 23.7. The van der Waals surface area contributed by atoms with E-state index in [1.54, 1.807) is 6.92 Å². The average Bonchev–Trinajstić information content (AvgIpc) is 3.24. The lowest BCUT2D eigenvalue weighted by Crippen LogP contribution is -2.37. The zero-order valence-corrected chi connectivity index (χ0v) is 19.6. The summed E-state index contributed by atoms with van der Waals surface area (Å²) in [4.78, 5) is 16.3. The average molecular weight is 457 g/mol. The van der Waals surface area contributed by atoms with Crippen molar-refractivity contribution in [1.29, 1.82) is 5.41 Å². The van der Waals surface area contributed by atoms with E-state index >= 15 is 0 Å². The van der Waals surface area contributed by atoms with Gasteiger partial charge in [0.2, 0.25) is 5.95 Å². The zero-order valence-electron chi connectivity index (χ0n) is 19.6. The molecule has 1 saturated heterocycles. The molecule has 0 unspecified atom stereocenters. The summed E-state index contributed by atoms with van der Waals surface area (Å²) in [6.07, 6.45) is 1.81. The van der Waals surface area contributed by atoms with Gasteiger partial charge in [-0.15, -0.1) is 0 Å². The smallest absolute Gasteiger partial charge is 0.228 e. The number of ether oxygens (including phenoxy) is 1. The van der Waals surface area contributed by atoms with Crippen molar-refractivity contribution >= 4 is 39.9 Å². The van der Waals surface area contributed by atoms with Crippen molar-refractivity contribution < 1.29 is 4.74 Å². The molecule has 0 amide bonds. The molecule has 0 bridgehead atoms. The van der Waals surface area contributed by atoms with Crippen LogP contribution in [0.2, 0.25) is 0 Å². The molecule has 0 atom stereocenters. The van der Waals surface area contributed by atoms with Crippen LogP contribution in [0.3, 0.4) is 0 Å². The third-order valence-corrected chi connectivity index (χ3v) is 5.99. The largest absolute Gasteiger partial charge is 0.388 e. The molecule has 2 aromatic carbocycles. The summed E-state index contributed by atoms with van der Waals surface area (Å²) < 4.78 is 7.52. The van der Waals surface area contributed by atoms with Gasteiger partial charge in [0, 0.05) is 61.5 Å². The van der Waals surface area contributed by atoms with Crippen LogP contribution in [0.25, 0.3) is 22.3 Å². The molecule has 0 spiro atoms. The molecule has 34 heavy (non-hydrogen) atoms. The molecular formula is C25H28N8O. The predicted octanol–water partition coefficient (Wildman–Crippen LogP) is 4.04. The van der Waals surface area contributed by atoms with Crippen molar-refractivity contribution in [3.63, 3.8) is 0 Å². The molecule has 1 fully saturated rings. The molecule has 4 aromatic rings. The molecule has 2 aromatic heterocycles. The van der Waals surface area contributed by atoms with Gasteiger partial charge in [0.15, 0.2) is 0 Å². The van der Waals surface area contributed by atoms with E-state index in [0.717, 1.165) is 52.3 Å². The number of morpholine rings is 1. The molecule has 3 N–H and O–H groups in total. The van der Waals surface area contributed by atoms with E-state index in [0.29, 0.717) is 30.7 Å². The van der Waals surface area contributed by atoms with Gasteiger partial charge in [-0.3, -0.25) is 0 Å². The minimum atomic E-state index is 0.514. The van der Waals surface area contributed by atoms with Crippen molar-refractivity contribution in [1.82, 2.24) is 19.5 Å². The Morgan fingerprint density at radius 3 is 2.65 bits per heavy atom. The van der Waals surface area contributed by atoms with Crippen molar-refractivity contribution in [3.8, 4) is 11.3 Å². The summed E-state index contributed by atoms with van der Waals surface area (Å²) in [5.41, 5.74) is 6.97. The highest BCUT2D eigenvalue weighted by Crippen LogP contribution is 2.29. The second-order valence-electron chi connectivity index (χ2n) is 8.36. The lowest BCUT2D eigenvalue weighted by atomic mass is 10.0. The first-order valence-corrected chi connectivity index (χ1v) is 11.3. The van der Waals surface area contributed by atoms with Crippen molar-refractivity contribution in [3.05, 3.63) is 54.4 Å². The number of nitrogens with one attached hydrogen (secondary N) is 3. The number of aryl methyl sites for hydroxylation is 1. The van der Waals surface area contributed by atoms with Gasteiger partial charge in [0.25, 0.3) is 0 Å². The summed E-state index contributed by atoms with van der Waals surface area (Å²) >= 11 is 0. The van der Waals surface area contributed by atoms with E-state index in [1.807, 2.05) is 61.4 Å². The van der Waals surface area contributed by atoms with Crippen LogP contribution in [0.15, 0.2) is 48.8 Å². The highest BCUT2D eigenvalue weighted by Gasteiger charge is 2.17. The third-order valence-electron chi connectivity index (χ3n) is 5.99. The molecule has 0 aliphatic carbocycles. The van der Waals surface area contributed by atoms with Crippen LogP contribution in [0, 0.1) is 5.41 Å². The molecule has 9 heteroatoms. The molecule has 9 nitrogen and oxygen atoms in total. The molecule has 0 radical (unpaired) electrons. The molecular weight excluding hydrogens is 428 g/mol. The van der Waals surface area contributed by atoms with Gasteiger partial charge in [0.1, 0.15) is 5.82 Å². The Hall–Kier alpha value is -3.98. The highest BCUT2D eigenvalue weighted by molar-refractivity contribution is 6.02. The van der Waals surface area contributed by atoms with Crippen molar-refractivity contribution in [2.24, 2.45) is 7.05 Å². The first-order valence-electron chi connectivity index (χ1n) is 11.3. The maximum atomic E-state index is 8.04. The molecule has 3 heterocycles. The maximum absolute atomic E-state index is 8.04. The number of imidazole rings is 1. The molecule has 5 rings (SSSR count). The first kappa shape index (κ1) is 21.8. The van der Waals surface area contributed by atoms with Gasteiger partial charge < -0.3 is 30.2 Å². The lowest BCUT2D eigenvalue weighted by molar-refractivity contribution is 0.122. The van der Waals surface area contributed by atoms with E-state index in [4.69, 9.17) is 20.1 Å². The van der Waals surface area contributed by atoms with Crippen LogP contribution >= 0.6 is 0 Å². The standard InChI is InChI=1S/C25H28N8O/c1-16(26)19-6-4-17(12-22(19)27-2)21-14-24(31-25(30-21)33-8-10-34-11-9-33)29-18-5-7-20-23(13-18)32(3)15-28-20/h4-7,12-15,26-27H,8-11H2,1-3H3,(H,29,30,31). The van der Waals surface area contributed by atoms with E-state index in [-0.39, 0.29) is 0 Å². The molecule has 1 aliphatic rings. The minimum absolute atomic E-state index is 0.514. The third kappa shape index (κ3) is 4.29. The number of aromatic nitrogens is 4. The topological polar surface area (TPSA) is 104 Å². The van der Waals surface area contributed by atoms with Gasteiger partial charge >= 0.3 is 0 Å². The fraction of sp³-hybridized carbons (Fsp3) is 0.280. The first-order chi connectivity index (χ1) is 16.5. The molecule has 174 valence electrons. The highest BCUT2D eigenvalue weighted by atomic mass is 16.5. The normalized spacial score (nSPS) is 13.8. The van der Waals surface area contributed by atoms with Gasteiger partial charge in [-0.05, 0) is 31.2 Å². The summed E-state index contributed by atoms with van der Waals surface area (Å²) in [5.74, 6) is 1.38. The predicted molar refractivity (Wildman–Crippen MR) is 137 cm³/mol.